The molecule has 1 aromatic rings. The Morgan fingerprint density at radius 3 is 2.67 bits per heavy atom. The molecule has 0 aliphatic heterocycles. The lowest BCUT2D eigenvalue weighted by Gasteiger charge is -2.12. The topological polar surface area (TPSA) is 41.5 Å². The number of ether oxygens (including phenoxy) is 1. The molecule has 0 aromatic heterocycles. The molecule has 0 saturated carbocycles. The van der Waals surface area contributed by atoms with Crippen LogP contribution in [0, 0.1) is 0 Å². The van der Waals surface area contributed by atoms with Crippen LogP contribution in [0.25, 0.3) is 0 Å². The monoisotopic (exact) mass is 273 g/mol. The average molecular weight is 274 g/mol. The van der Waals surface area contributed by atoms with Gasteiger partial charge in [-0.1, -0.05) is 29.8 Å². The summed E-state index contributed by atoms with van der Waals surface area (Å²) in [5.74, 6) is 0.649. The minimum absolute atomic E-state index is 0.151. The normalized spacial score (nSPS) is 10.7. The van der Waals surface area contributed by atoms with E-state index in [1.54, 1.807) is 13.2 Å². The molecule has 2 N–H and O–H groups in total. The van der Waals surface area contributed by atoms with Crippen molar-refractivity contribution in [3.8, 4) is 11.5 Å². The summed E-state index contributed by atoms with van der Waals surface area (Å²) in [7, 11) is 1.54. The quantitative estimate of drug-likeness (QED) is 0.887. The molecule has 4 heteroatoms. The molecule has 0 radical (unpaired) electrons. The van der Waals surface area contributed by atoms with E-state index >= 15 is 0 Å². The van der Waals surface area contributed by atoms with Gasteiger partial charge in [0.2, 0.25) is 0 Å². The number of phenolic OH excluding ortho intramolecular Hbond substituents is 1. The molecular formula is C11H16BrNO2. The molecule has 1 rings (SSSR count). The zero-order valence-corrected chi connectivity index (χ0v) is 10.8. The maximum absolute atomic E-state index is 9.52. The van der Waals surface area contributed by atoms with Gasteiger partial charge in [-0.3, -0.25) is 0 Å². The van der Waals surface area contributed by atoms with Crippen molar-refractivity contribution in [2.24, 2.45) is 0 Å². The van der Waals surface area contributed by atoms with E-state index in [-0.39, 0.29) is 5.75 Å². The fraction of sp³-hybridized carbons (Fsp3) is 0.455. The molecule has 0 bridgehead atoms. The van der Waals surface area contributed by atoms with Crippen LogP contribution in [0.5, 0.6) is 11.5 Å². The van der Waals surface area contributed by atoms with Crippen LogP contribution in [0.1, 0.15) is 19.4 Å². The summed E-state index contributed by atoms with van der Waals surface area (Å²) >= 11 is 3.41. The fourth-order valence-corrected chi connectivity index (χ4v) is 1.67. The molecule has 0 heterocycles. The van der Waals surface area contributed by atoms with Crippen LogP contribution in [0.4, 0.5) is 0 Å². The van der Waals surface area contributed by atoms with Crippen molar-refractivity contribution < 1.29 is 9.84 Å². The van der Waals surface area contributed by atoms with Crippen LogP contribution in [-0.4, -0.2) is 18.3 Å². The molecule has 0 aliphatic rings. The van der Waals surface area contributed by atoms with E-state index in [2.05, 4.69) is 35.1 Å². The van der Waals surface area contributed by atoms with Crippen molar-refractivity contribution in [3.05, 3.63) is 22.2 Å². The first-order chi connectivity index (χ1) is 7.04. The fourth-order valence-electron chi connectivity index (χ4n) is 1.20. The first-order valence-electron chi connectivity index (χ1n) is 4.83. The largest absolute Gasteiger partial charge is 0.504 e. The number of phenols is 1. The Balaban J connectivity index is 2.87. The molecule has 0 amide bonds. The minimum Gasteiger partial charge on any atom is -0.504 e. The zero-order chi connectivity index (χ0) is 11.4. The summed E-state index contributed by atoms with van der Waals surface area (Å²) in [6.45, 7) is 4.92. The van der Waals surface area contributed by atoms with Crippen molar-refractivity contribution >= 4 is 15.9 Å². The van der Waals surface area contributed by atoms with Gasteiger partial charge in [-0.2, -0.15) is 0 Å². The summed E-state index contributed by atoms with van der Waals surface area (Å²) in [6.07, 6.45) is 0. The van der Waals surface area contributed by atoms with Gasteiger partial charge in [0.25, 0.3) is 0 Å². The number of benzene rings is 1. The molecule has 0 unspecified atom stereocenters. The number of nitrogens with one attached hydrogen (secondary N) is 1. The molecule has 84 valence electrons. The van der Waals surface area contributed by atoms with Crippen molar-refractivity contribution in [2.45, 2.75) is 26.4 Å². The summed E-state index contributed by atoms with van der Waals surface area (Å²) in [5, 5.41) is 12.8. The molecule has 0 fully saturated rings. The average Bonchev–Trinajstić information content (AvgIpc) is 2.16. The summed E-state index contributed by atoms with van der Waals surface area (Å²) < 4.78 is 5.93. The van der Waals surface area contributed by atoms with E-state index in [9.17, 15) is 5.11 Å². The Hall–Kier alpha value is -0.740. The van der Waals surface area contributed by atoms with Crippen LogP contribution in [-0.2, 0) is 6.54 Å². The van der Waals surface area contributed by atoms with Gasteiger partial charge in [0, 0.05) is 17.1 Å². The summed E-state index contributed by atoms with van der Waals surface area (Å²) in [4.78, 5) is 0. The number of rotatable bonds is 4. The van der Waals surface area contributed by atoms with Gasteiger partial charge in [-0.15, -0.1) is 0 Å². The summed E-state index contributed by atoms with van der Waals surface area (Å²) in [6, 6.07) is 3.90. The number of hydrogen-bond acceptors (Lipinski definition) is 3. The van der Waals surface area contributed by atoms with Gasteiger partial charge in [-0.05, 0) is 17.7 Å². The SMILES string of the molecule is COc1cc(CNC(C)C)c(Br)cc1O. The molecule has 3 nitrogen and oxygen atoms in total. The zero-order valence-electron chi connectivity index (χ0n) is 9.17. The molecular weight excluding hydrogens is 258 g/mol. The first-order valence-corrected chi connectivity index (χ1v) is 5.62. The molecule has 0 atom stereocenters. The highest BCUT2D eigenvalue weighted by Gasteiger charge is 2.07. The Morgan fingerprint density at radius 1 is 1.47 bits per heavy atom. The van der Waals surface area contributed by atoms with E-state index < -0.39 is 0 Å². The third kappa shape index (κ3) is 3.39. The molecule has 0 spiro atoms. The van der Waals surface area contributed by atoms with Gasteiger partial charge in [0.05, 0.1) is 7.11 Å². The Labute approximate surface area is 98.6 Å². The van der Waals surface area contributed by atoms with Crippen LogP contribution in [0.15, 0.2) is 16.6 Å². The van der Waals surface area contributed by atoms with E-state index in [0.717, 1.165) is 16.6 Å². The third-order valence-electron chi connectivity index (χ3n) is 2.05. The number of methoxy groups -OCH3 is 1. The van der Waals surface area contributed by atoms with Gasteiger partial charge < -0.3 is 15.2 Å². The van der Waals surface area contributed by atoms with E-state index in [4.69, 9.17) is 4.74 Å². The first kappa shape index (κ1) is 12.3. The Kier molecular flexibility index (Phi) is 4.42. The Bertz CT molecular complexity index is 340. The Morgan fingerprint density at radius 2 is 2.13 bits per heavy atom. The summed E-state index contributed by atoms with van der Waals surface area (Å²) in [5.41, 5.74) is 1.07. The van der Waals surface area contributed by atoms with E-state index in [1.165, 1.54) is 0 Å². The number of halogens is 1. The molecule has 0 saturated heterocycles. The van der Waals surface area contributed by atoms with Crippen molar-refractivity contribution in [3.63, 3.8) is 0 Å². The number of hydrogen-bond donors (Lipinski definition) is 2. The van der Waals surface area contributed by atoms with Crippen molar-refractivity contribution in [2.75, 3.05) is 7.11 Å². The highest BCUT2D eigenvalue weighted by molar-refractivity contribution is 9.10. The van der Waals surface area contributed by atoms with Gasteiger partial charge >= 0.3 is 0 Å². The minimum atomic E-state index is 0.151. The van der Waals surface area contributed by atoms with E-state index in [0.29, 0.717) is 11.8 Å². The smallest absolute Gasteiger partial charge is 0.160 e. The highest BCUT2D eigenvalue weighted by Crippen LogP contribution is 2.32. The third-order valence-corrected chi connectivity index (χ3v) is 2.79. The van der Waals surface area contributed by atoms with Crippen LogP contribution >= 0.6 is 15.9 Å². The lowest BCUT2D eigenvalue weighted by molar-refractivity contribution is 0.372. The molecule has 0 aliphatic carbocycles. The maximum Gasteiger partial charge on any atom is 0.160 e. The second kappa shape index (κ2) is 5.37. The molecule has 1 aromatic carbocycles. The van der Waals surface area contributed by atoms with Crippen LogP contribution in [0.3, 0.4) is 0 Å². The predicted molar refractivity (Wildman–Crippen MR) is 64.3 cm³/mol. The van der Waals surface area contributed by atoms with Gasteiger partial charge in [-0.25, -0.2) is 0 Å². The number of aromatic hydroxyl groups is 1. The van der Waals surface area contributed by atoms with Crippen LogP contribution in [0.2, 0.25) is 0 Å². The maximum atomic E-state index is 9.52. The van der Waals surface area contributed by atoms with Crippen molar-refractivity contribution in [1.29, 1.82) is 0 Å². The highest BCUT2D eigenvalue weighted by atomic mass is 79.9. The van der Waals surface area contributed by atoms with Gasteiger partial charge in [0.15, 0.2) is 11.5 Å². The standard InChI is InChI=1S/C11H16BrNO2/c1-7(2)13-6-8-4-11(15-3)10(14)5-9(8)12/h4-5,7,13-14H,6H2,1-3H3. The lowest BCUT2D eigenvalue weighted by atomic mass is 10.2. The lowest BCUT2D eigenvalue weighted by Crippen LogP contribution is -2.22. The second-order valence-electron chi connectivity index (χ2n) is 3.65. The van der Waals surface area contributed by atoms with Crippen molar-refractivity contribution in [1.82, 2.24) is 5.32 Å². The second-order valence-corrected chi connectivity index (χ2v) is 4.51. The van der Waals surface area contributed by atoms with Gasteiger partial charge in [0.1, 0.15) is 0 Å². The van der Waals surface area contributed by atoms with Crippen LogP contribution < -0.4 is 10.1 Å². The predicted octanol–water partition coefficient (Wildman–Crippen LogP) is 2.66. The van der Waals surface area contributed by atoms with E-state index in [1.807, 2.05) is 6.07 Å². The molecule has 15 heavy (non-hydrogen) atoms.